The fourth-order valence-electron chi connectivity index (χ4n) is 1.12. The van der Waals surface area contributed by atoms with Crippen LogP contribution in [0.1, 0.15) is 17.3 Å². The van der Waals surface area contributed by atoms with Crippen molar-refractivity contribution < 1.29 is 19.6 Å². The van der Waals surface area contributed by atoms with Gasteiger partial charge in [-0.15, -0.1) is 6.42 Å². The van der Waals surface area contributed by atoms with Crippen molar-refractivity contribution in [3.05, 3.63) is 33.9 Å². The number of rotatable bonds is 4. The third kappa shape index (κ3) is 2.95. The van der Waals surface area contributed by atoms with Crippen LogP contribution < -0.4 is 4.74 Å². The second-order valence-electron chi connectivity index (χ2n) is 3.17. The maximum atomic E-state index is 10.7. The van der Waals surface area contributed by atoms with E-state index < -0.39 is 17.0 Å². The van der Waals surface area contributed by atoms with E-state index in [1.807, 2.05) is 0 Å². The highest BCUT2D eigenvalue weighted by molar-refractivity contribution is 5.88. The molecule has 0 radical (unpaired) electrons. The summed E-state index contributed by atoms with van der Waals surface area (Å²) in [6, 6.07) is 3.28. The van der Waals surface area contributed by atoms with Crippen LogP contribution in [0.3, 0.4) is 0 Å². The van der Waals surface area contributed by atoms with Gasteiger partial charge in [0.25, 0.3) is 0 Å². The molecule has 1 atom stereocenters. The van der Waals surface area contributed by atoms with Gasteiger partial charge in [0, 0.05) is 12.1 Å². The lowest BCUT2D eigenvalue weighted by molar-refractivity contribution is -0.386. The Hall–Kier alpha value is -2.55. The molecule has 1 aromatic rings. The Labute approximate surface area is 97.0 Å². The Morgan fingerprint density at radius 1 is 1.65 bits per heavy atom. The van der Waals surface area contributed by atoms with Crippen LogP contribution in [0.5, 0.6) is 5.75 Å². The molecule has 0 aliphatic heterocycles. The number of terminal acetylenes is 1. The number of hydrogen-bond donors (Lipinski definition) is 1. The predicted octanol–water partition coefficient (Wildman–Crippen LogP) is 1.69. The Morgan fingerprint density at radius 3 is 2.76 bits per heavy atom. The van der Waals surface area contributed by atoms with Crippen molar-refractivity contribution in [3.8, 4) is 18.1 Å². The normalized spacial score (nSPS) is 11.3. The summed E-state index contributed by atoms with van der Waals surface area (Å²) in [5.74, 6) is 0.887. The number of carbonyl (C=O) groups is 1. The quantitative estimate of drug-likeness (QED) is 0.487. The highest BCUT2D eigenvalue weighted by atomic mass is 16.6. The average Bonchev–Trinajstić information content (AvgIpc) is 2.28. The molecule has 0 heterocycles. The van der Waals surface area contributed by atoms with E-state index in [4.69, 9.17) is 16.3 Å². The number of nitro benzene ring substituents is 1. The number of nitro groups is 1. The summed E-state index contributed by atoms with van der Waals surface area (Å²) in [5.41, 5.74) is -0.424. The molecule has 1 N–H and O–H groups in total. The van der Waals surface area contributed by atoms with E-state index in [-0.39, 0.29) is 17.0 Å². The van der Waals surface area contributed by atoms with Gasteiger partial charge in [0.05, 0.1) is 10.5 Å². The van der Waals surface area contributed by atoms with Crippen molar-refractivity contribution >= 4 is 11.7 Å². The zero-order chi connectivity index (χ0) is 13.0. The largest absolute Gasteiger partial charge is 0.478 e. The van der Waals surface area contributed by atoms with E-state index in [9.17, 15) is 14.9 Å². The SMILES string of the molecule is C#CC(C)Oc1cc(C(=O)O)ccc1[N+](=O)[O-]. The van der Waals surface area contributed by atoms with Crippen LogP contribution in [0, 0.1) is 22.5 Å². The van der Waals surface area contributed by atoms with Crippen LogP contribution in [0.2, 0.25) is 0 Å². The molecule has 0 saturated carbocycles. The minimum atomic E-state index is -1.20. The van der Waals surface area contributed by atoms with Gasteiger partial charge in [0.15, 0.2) is 11.9 Å². The second kappa shape index (κ2) is 4.99. The summed E-state index contributed by atoms with van der Waals surface area (Å²) in [6.07, 6.45) is 4.40. The van der Waals surface area contributed by atoms with E-state index in [1.54, 1.807) is 0 Å². The molecule has 0 saturated heterocycles. The van der Waals surface area contributed by atoms with Crippen LogP contribution in [-0.2, 0) is 0 Å². The first-order valence-electron chi connectivity index (χ1n) is 4.60. The Balaban J connectivity index is 3.21. The van der Waals surface area contributed by atoms with Gasteiger partial charge in [-0.05, 0) is 13.0 Å². The van der Waals surface area contributed by atoms with E-state index in [2.05, 4.69) is 5.92 Å². The molecule has 1 aromatic carbocycles. The molecule has 17 heavy (non-hydrogen) atoms. The van der Waals surface area contributed by atoms with Crippen LogP contribution in [0.25, 0.3) is 0 Å². The maximum absolute atomic E-state index is 10.7. The molecule has 0 aliphatic rings. The van der Waals surface area contributed by atoms with Crippen molar-refractivity contribution in [1.82, 2.24) is 0 Å². The minimum Gasteiger partial charge on any atom is -0.478 e. The summed E-state index contributed by atoms with van der Waals surface area (Å²) < 4.78 is 5.11. The number of carboxylic acid groups (broad SMARTS) is 1. The fourth-order valence-corrected chi connectivity index (χ4v) is 1.12. The van der Waals surface area contributed by atoms with Gasteiger partial charge in [0.1, 0.15) is 0 Å². The third-order valence-electron chi connectivity index (χ3n) is 1.94. The molecular formula is C11H9NO5. The molecule has 88 valence electrons. The lowest BCUT2D eigenvalue weighted by Gasteiger charge is -2.09. The minimum absolute atomic E-state index is 0.102. The van der Waals surface area contributed by atoms with Gasteiger partial charge < -0.3 is 9.84 Å². The smallest absolute Gasteiger partial charge is 0.335 e. The van der Waals surface area contributed by atoms with Gasteiger partial charge in [0.2, 0.25) is 0 Å². The number of benzene rings is 1. The number of carboxylic acids is 1. The van der Waals surface area contributed by atoms with Crippen molar-refractivity contribution in [2.24, 2.45) is 0 Å². The van der Waals surface area contributed by atoms with Gasteiger partial charge in [-0.1, -0.05) is 5.92 Å². The lowest BCUT2D eigenvalue weighted by atomic mass is 10.2. The molecule has 0 aliphatic carbocycles. The summed E-state index contributed by atoms with van der Waals surface area (Å²) in [4.78, 5) is 20.8. The van der Waals surface area contributed by atoms with Crippen LogP contribution in [0.4, 0.5) is 5.69 Å². The van der Waals surface area contributed by atoms with Gasteiger partial charge in [-0.2, -0.15) is 0 Å². The number of ether oxygens (including phenoxy) is 1. The third-order valence-corrected chi connectivity index (χ3v) is 1.94. The Morgan fingerprint density at radius 2 is 2.29 bits per heavy atom. The summed E-state index contributed by atoms with van der Waals surface area (Å²) in [5, 5.41) is 19.5. The zero-order valence-corrected chi connectivity index (χ0v) is 8.91. The molecule has 0 fully saturated rings. The van der Waals surface area contributed by atoms with Crippen LogP contribution >= 0.6 is 0 Å². The topological polar surface area (TPSA) is 89.7 Å². The number of aromatic carboxylic acids is 1. The summed E-state index contributed by atoms with van der Waals surface area (Å²) in [7, 11) is 0. The molecule has 0 amide bonds. The molecule has 0 aromatic heterocycles. The first-order chi connectivity index (χ1) is 7.95. The molecule has 6 heteroatoms. The van der Waals surface area contributed by atoms with Gasteiger partial charge in [-0.25, -0.2) is 4.79 Å². The predicted molar refractivity (Wildman–Crippen MR) is 59.0 cm³/mol. The summed E-state index contributed by atoms with van der Waals surface area (Å²) >= 11 is 0. The highest BCUT2D eigenvalue weighted by Crippen LogP contribution is 2.28. The number of hydrogen-bond acceptors (Lipinski definition) is 4. The standard InChI is InChI=1S/C11H9NO5/c1-3-7(2)17-10-6-8(11(13)14)4-5-9(10)12(15)16/h1,4-7H,2H3,(H,13,14). The van der Waals surface area contributed by atoms with Gasteiger partial charge in [-0.3, -0.25) is 10.1 Å². The number of nitrogens with zero attached hydrogens (tertiary/aromatic N) is 1. The summed E-state index contributed by atoms with van der Waals surface area (Å²) in [6.45, 7) is 1.52. The maximum Gasteiger partial charge on any atom is 0.335 e. The van der Waals surface area contributed by atoms with Crippen LogP contribution in [-0.4, -0.2) is 22.1 Å². The van der Waals surface area contributed by atoms with E-state index in [0.29, 0.717) is 0 Å². The Bertz CT molecular complexity index is 503. The lowest BCUT2D eigenvalue weighted by Crippen LogP contribution is -2.10. The van der Waals surface area contributed by atoms with E-state index in [1.165, 1.54) is 6.92 Å². The zero-order valence-electron chi connectivity index (χ0n) is 8.91. The molecule has 6 nitrogen and oxygen atoms in total. The Kier molecular flexibility index (Phi) is 3.67. The van der Waals surface area contributed by atoms with E-state index >= 15 is 0 Å². The van der Waals surface area contributed by atoms with Crippen molar-refractivity contribution in [2.45, 2.75) is 13.0 Å². The van der Waals surface area contributed by atoms with Crippen molar-refractivity contribution in [3.63, 3.8) is 0 Å². The first kappa shape index (κ1) is 12.5. The molecular weight excluding hydrogens is 226 g/mol. The molecule has 1 unspecified atom stereocenters. The fraction of sp³-hybridized carbons (Fsp3) is 0.182. The average molecular weight is 235 g/mol. The molecule has 0 bridgehead atoms. The van der Waals surface area contributed by atoms with Crippen LogP contribution in [0.15, 0.2) is 18.2 Å². The molecule has 1 rings (SSSR count). The van der Waals surface area contributed by atoms with Crippen molar-refractivity contribution in [2.75, 3.05) is 0 Å². The van der Waals surface area contributed by atoms with Crippen molar-refractivity contribution in [1.29, 1.82) is 0 Å². The molecule has 0 spiro atoms. The second-order valence-corrected chi connectivity index (χ2v) is 3.17. The monoisotopic (exact) mass is 235 g/mol. The van der Waals surface area contributed by atoms with Gasteiger partial charge >= 0.3 is 11.7 Å². The first-order valence-corrected chi connectivity index (χ1v) is 4.60. The highest BCUT2D eigenvalue weighted by Gasteiger charge is 2.19. The van der Waals surface area contributed by atoms with E-state index in [0.717, 1.165) is 18.2 Å².